The number of allylic oxidation sites excluding steroid dienone is 2. The summed E-state index contributed by atoms with van der Waals surface area (Å²) in [5.41, 5.74) is 1.96. The SMILES string of the molecule is CCC1O[C@@H](OC2[C@H](O[C@H]3CCC4(C)C5CC=C6C7CC(C)(C)CC[C@]7([C-]=O)[CH-]C[C@@]6(C)[C@@]5(C)CC[C@H]4[C-]3C)OC(C)[C@@H](C)[C@@H]2C)C(C)[C@@H](C)[C@H]1C.[CH3-].[V].[W].[Y]. The van der Waals surface area contributed by atoms with Crippen LogP contribution in [0, 0.1) is 94.2 Å². The van der Waals surface area contributed by atoms with Crippen LogP contribution in [0.15, 0.2) is 11.6 Å². The van der Waals surface area contributed by atoms with Gasteiger partial charge in [0, 0.05) is 78.2 Å². The third-order valence-corrected chi connectivity index (χ3v) is 18.5. The maximum absolute atomic E-state index is 12.7. The van der Waals surface area contributed by atoms with Gasteiger partial charge in [0.15, 0.2) is 12.6 Å². The van der Waals surface area contributed by atoms with E-state index in [1.54, 1.807) is 5.57 Å². The summed E-state index contributed by atoms with van der Waals surface area (Å²) in [6.45, 7) is 31.2. The first-order valence-electron chi connectivity index (χ1n) is 21.8. The number of ether oxygens (including phenoxy) is 4. The molecule has 5 nitrogen and oxygen atoms in total. The zero-order valence-corrected chi connectivity index (χ0v) is 45.0. The predicted octanol–water partition coefficient (Wildman–Crippen LogP) is 11.6. The molecule has 6 fully saturated rings. The normalized spacial score (nSPS) is 51.0. The molecule has 2 heterocycles. The van der Waals surface area contributed by atoms with Gasteiger partial charge in [-0.2, -0.15) is 19.3 Å². The van der Waals surface area contributed by atoms with Gasteiger partial charge in [-0.3, -0.25) is 17.6 Å². The second kappa shape index (κ2) is 18.8. The first-order valence-corrected chi connectivity index (χ1v) is 21.8. The van der Waals surface area contributed by atoms with Gasteiger partial charge in [0.1, 0.15) is 6.10 Å². The van der Waals surface area contributed by atoms with Crippen LogP contribution in [0.1, 0.15) is 154 Å². The average molecular weight is 1060 g/mol. The smallest absolute Gasteiger partial charge is 0.182 e. The summed E-state index contributed by atoms with van der Waals surface area (Å²) < 4.78 is 27.7. The van der Waals surface area contributed by atoms with Crippen molar-refractivity contribution in [3.8, 4) is 0 Å². The monoisotopic (exact) mass is 1060 g/mol. The third kappa shape index (κ3) is 8.28. The van der Waals surface area contributed by atoms with E-state index in [9.17, 15) is 4.79 Å². The molecule has 2 aliphatic heterocycles. The summed E-state index contributed by atoms with van der Waals surface area (Å²) in [6, 6.07) is 0. The molecule has 0 spiro atoms. The minimum Gasteiger partial charge on any atom is -0.544 e. The summed E-state index contributed by atoms with van der Waals surface area (Å²) >= 11 is 0. The zero-order chi connectivity index (χ0) is 37.8. The van der Waals surface area contributed by atoms with Crippen LogP contribution in [-0.2, 0) is 96.1 Å². The van der Waals surface area contributed by atoms with Crippen LogP contribution in [0.3, 0.4) is 0 Å². The molecule has 0 N–H and O–H groups in total. The van der Waals surface area contributed by atoms with Crippen molar-refractivity contribution in [1.82, 2.24) is 0 Å². The molecule has 0 aromatic carbocycles. The summed E-state index contributed by atoms with van der Waals surface area (Å²) in [6.07, 6.45) is 18.2. The van der Waals surface area contributed by atoms with Gasteiger partial charge in [0.2, 0.25) is 0 Å². The minimum absolute atomic E-state index is 0. The van der Waals surface area contributed by atoms with E-state index in [2.05, 4.69) is 109 Å². The van der Waals surface area contributed by atoms with Crippen molar-refractivity contribution in [3.05, 3.63) is 31.4 Å². The molecule has 0 bridgehead atoms. The van der Waals surface area contributed by atoms with Crippen LogP contribution in [0.2, 0.25) is 0 Å². The largest absolute Gasteiger partial charge is 0.544 e. The summed E-state index contributed by atoms with van der Waals surface area (Å²) in [5, 5.41) is 0. The van der Waals surface area contributed by atoms with Crippen LogP contribution >= 0.6 is 0 Å². The molecule has 0 amide bonds. The number of carbonyl (C=O) groups excluding carboxylic acids is 1. The number of hydrogen-bond acceptors (Lipinski definition) is 5. The first-order chi connectivity index (χ1) is 24.4. The van der Waals surface area contributed by atoms with E-state index in [4.69, 9.17) is 18.9 Å². The molecule has 318 valence electrons. The van der Waals surface area contributed by atoms with Crippen molar-refractivity contribution in [1.29, 1.82) is 0 Å². The van der Waals surface area contributed by atoms with Crippen LogP contribution in [0.25, 0.3) is 0 Å². The summed E-state index contributed by atoms with van der Waals surface area (Å²) in [4.78, 5) is 12.7. The quantitative estimate of drug-likeness (QED) is 0.151. The summed E-state index contributed by atoms with van der Waals surface area (Å²) in [7, 11) is 0. The van der Waals surface area contributed by atoms with Crippen LogP contribution in [0.5, 0.6) is 0 Å². The van der Waals surface area contributed by atoms with Crippen molar-refractivity contribution < 1.29 is 96.1 Å². The van der Waals surface area contributed by atoms with Crippen molar-refractivity contribution in [2.45, 2.75) is 191 Å². The minimum atomic E-state index is -0.406. The topological polar surface area (TPSA) is 54.0 Å². The predicted molar refractivity (Wildman–Crippen MR) is 215 cm³/mol. The Balaban J connectivity index is 0.00000210. The van der Waals surface area contributed by atoms with E-state index in [0.29, 0.717) is 47.3 Å². The number of hydrogen-bond donors (Lipinski definition) is 0. The maximum Gasteiger partial charge on any atom is 0.182 e. The number of rotatable bonds is 6. The maximum atomic E-state index is 12.7. The summed E-state index contributed by atoms with van der Waals surface area (Å²) in [5.74, 6) is 4.97. The van der Waals surface area contributed by atoms with E-state index in [1.807, 2.05) is 0 Å². The standard InChI is InChI=1S/C47H75O5.CH3.V.W.Y/c1-14-37-29(4)27(2)31(6)41(50-37)52-40-30(5)28(3)33(8)49-42(40)51-38-18-19-44(11)34(32(38)7)17-20-46(13)39(44)16-15-35-36-25-43(9,10)21-23-47(36,26-48)24-22-45(35,46)12;;;;/h15,24,27-31,33-34,36-42H,14,16-23,25H2,1-13H3;1H3;;;/q-3;-1;;;/t27-,28-,29+,30-,31?,33?,34-,36?,37?,38-,39?,40?,41-,42-,44?,45+,46-,47+;;;;/m0..../s1. The molecule has 2 radical (unpaired) electrons. The Morgan fingerprint density at radius 1 is 0.875 bits per heavy atom. The Morgan fingerprint density at radius 3 is 2.20 bits per heavy atom. The van der Waals surface area contributed by atoms with E-state index in [1.165, 1.54) is 25.2 Å². The van der Waals surface area contributed by atoms with E-state index < -0.39 is 11.7 Å². The molecule has 7 rings (SSSR count). The Labute approximate surface area is 396 Å². The van der Waals surface area contributed by atoms with E-state index in [-0.39, 0.29) is 132 Å². The molecule has 7 aliphatic rings. The van der Waals surface area contributed by atoms with Gasteiger partial charge in [-0.25, -0.2) is 0 Å². The Morgan fingerprint density at radius 2 is 1.55 bits per heavy atom. The van der Waals surface area contributed by atoms with E-state index in [0.717, 1.165) is 44.9 Å². The van der Waals surface area contributed by atoms with Crippen LogP contribution in [0.4, 0.5) is 0 Å². The molecule has 18 atom stereocenters. The second-order valence-corrected chi connectivity index (χ2v) is 21.2. The van der Waals surface area contributed by atoms with E-state index >= 15 is 0 Å². The van der Waals surface area contributed by atoms with Crippen molar-refractivity contribution >= 4 is 6.29 Å². The van der Waals surface area contributed by atoms with Gasteiger partial charge in [-0.05, 0) is 84.9 Å². The molecule has 8 heteroatoms. The Kier molecular flexibility index (Phi) is 17.4. The van der Waals surface area contributed by atoms with Gasteiger partial charge in [-0.1, -0.05) is 131 Å². The molecule has 7 unspecified atom stereocenters. The molecular formula is C48H78O5VWY-4. The third-order valence-electron chi connectivity index (χ3n) is 18.5. The molecule has 2 saturated heterocycles. The second-order valence-electron chi connectivity index (χ2n) is 21.2. The van der Waals surface area contributed by atoms with Crippen molar-refractivity contribution in [2.75, 3.05) is 0 Å². The molecular weight excluding hydrogens is 980 g/mol. The molecule has 0 aromatic rings. The molecule has 4 saturated carbocycles. The van der Waals surface area contributed by atoms with Gasteiger partial charge < -0.3 is 37.6 Å². The Bertz CT molecular complexity index is 1380. The zero-order valence-electron chi connectivity index (χ0n) is 37.8. The molecule has 5 aliphatic carbocycles. The van der Waals surface area contributed by atoms with Crippen LogP contribution in [-0.4, -0.2) is 43.3 Å². The van der Waals surface area contributed by atoms with Gasteiger partial charge in [-0.15, -0.1) is 0 Å². The Hall–Kier alpha value is 1.63. The van der Waals surface area contributed by atoms with Gasteiger partial charge in [0.25, 0.3) is 0 Å². The molecule has 0 aromatic heterocycles. The first kappa shape index (κ1) is 52.0. The van der Waals surface area contributed by atoms with Crippen molar-refractivity contribution in [3.63, 3.8) is 0 Å². The molecule has 56 heavy (non-hydrogen) atoms. The van der Waals surface area contributed by atoms with Gasteiger partial charge >= 0.3 is 0 Å². The average Bonchev–Trinajstić information content (AvgIpc) is 3.10. The number of fused-ring (bicyclic) bond motifs is 7. The van der Waals surface area contributed by atoms with Crippen molar-refractivity contribution in [2.24, 2.45) is 74.4 Å². The fraction of sp³-hybridized carbons (Fsp3) is 0.875. The fourth-order valence-corrected chi connectivity index (χ4v) is 13.8. The van der Waals surface area contributed by atoms with Crippen LogP contribution < -0.4 is 0 Å². The van der Waals surface area contributed by atoms with Gasteiger partial charge in [0.05, 0.1) is 12.2 Å². The fourth-order valence-electron chi connectivity index (χ4n) is 13.8.